The molecular weight excluding hydrogens is 585 g/mol. The second-order valence-corrected chi connectivity index (χ2v) is 21.4. The van der Waals surface area contributed by atoms with Crippen LogP contribution in [0.15, 0.2) is 60.7 Å². The second-order valence-electron chi connectivity index (χ2n) is 13.3. The maximum absolute atomic E-state index is 13.4. The molecular formula is C32H44N2O5S2Si. The van der Waals surface area contributed by atoms with Crippen molar-refractivity contribution in [3.63, 3.8) is 0 Å². The summed E-state index contributed by atoms with van der Waals surface area (Å²) in [5.74, 6) is -0.363. The molecule has 0 amide bonds. The van der Waals surface area contributed by atoms with E-state index in [2.05, 4.69) is 93.3 Å². The maximum atomic E-state index is 13.4. The van der Waals surface area contributed by atoms with Gasteiger partial charge in [-0.2, -0.15) is 0 Å². The Labute approximate surface area is 256 Å². The number of nitrogens with zero attached hydrogens (tertiary/aromatic N) is 2. The van der Waals surface area contributed by atoms with Crippen LogP contribution in [0.2, 0.25) is 5.04 Å². The highest BCUT2D eigenvalue weighted by Crippen LogP contribution is 2.39. The minimum absolute atomic E-state index is 0.0707. The number of rotatable bonds is 11. The third kappa shape index (κ3) is 6.33. The van der Waals surface area contributed by atoms with Gasteiger partial charge in [0.1, 0.15) is 14.8 Å². The molecule has 0 aliphatic carbocycles. The summed E-state index contributed by atoms with van der Waals surface area (Å²) >= 11 is 1.36. The molecule has 10 heteroatoms. The van der Waals surface area contributed by atoms with Gasteiger partial charge in [0.2, 0.25) is 0 Å². The monoisotopic (exact) mass is 628 g/mol. The first-order valence-electron chi connectivity index (χ1n) is 14.6. The molecule has 0 bridgehead atoms. The fourth-order valence-electron chi connectivity index (χ4n) is 5.62. The number of benzene rings is 2. The summed E-state index contributed by atoms with van der Waals surface area (Å²) in [6.07, 6.45) is 0.766. The van der Waals surface area contributed by atoms with E-state index in [1.165, 1.54) is 35.6 Å². The van der Waals surface area contributed by atoms with Gasteiger partial charge < -0.3 is 9.16 Å². The van der Waals surface area contributed by atoms with Crippen LogP contribution < -0.4 is 10.4 Å². The van der Waals surface area contributed by atoms with Crippen LogP contribution in [-0.4, -0.2) is 62.5 Å². The Kier molecular flexibility index (Phi) is 9.64. The number of ether oxygens (including phenoxy) is 1. The van der Waals surface area contributed by atoms with Crippen LogP contribution in [0.5, 0.6) is 0 Å². The predicted molar refractivity (Wildman–Crippen MR) is 172 cm³/mol. The summed E-state index contributed by atoms with van der Waals surface area (Å²) in [7, 11) is -6.43. The van der Waals surface area contributed by atoms with Gasteiger partial charge in [-0.1, -0.05) is 95.3 Å². The van der Waals surface area contributed by atoms with E-state index in [0.29, 0.717) is 37.7 Å². The molecule has 1 aromatic heterocycles. The second kappa shape index (κ2) is 12.4. The lowest BCUT2D eigenvalue weighted by molar-refractivity contribution is -0.120. The Morgan fingerprint density at radius 3 is 1.93 bits per heavy atom. The number of hydrogen-bond acceptors (Lipinski definition) is 8. The lowest BCUT2D eigenvalue weighted by Gasteiger charge is -2.44. The molecule has 0 saturated carbocycles. The first-order chi connectivity index (χ1) is 19.6. The average molecular weight is 629 g/mol. The SMILES string of the molecule is CC(C)(CO[Si](c1ccccc1)(c1ccccc1)C(C)(C)C)c1nnc(CC(=O)C(C)(C)S(=O)(=O)C2CCOCC2)s1. The van der Waals surface area contributed by atoms with Gasteiger partial charge in [-0.05, 0) is 42.1 Å². The zero-order valence-electron chi connectivity index (χ0n) is 25.8. The zero-order valence-corrected chi connectivity index (χ0v) is 28.5. The molecule has 1 saturated heterocycles. The van der Waals surface area contributed by atoms with E-state index in [4.69, 9.17) is 9.16 Å². The molecule has 1 aliphatic rings. The van der Waals surface area contributed by atoms with Gasteiger partial charge in [0.25, 0.3) is 8.32 Å². The van der Waals surface area contributed by atoms with E-state index in [1.807, 2.05) is 12.1 Å². The normalized spacial score (nSPS) is 16.0. The van der Waals surface area contributed by atoms with Gasteiger partial charge in [0.15, 0.2) is 15.6 Å². The Morgan fingerprint density at radius 1 is 0.905 bits per heavy atom. The molecule has 1 aliphatic heterocycles. The quantitative estimate of drug-likeness (QED) is 0.280. The summed E-state index contributed by atoms with van der Waals surface area (Å²) in [6.45, 7) is 15.1. The molecule has 1 fully saturated rings. The number of sulfone groups is 1. The third-order valence-corrected chi connectivity index (χ3v) is 17.7. The van der Waals surface area contributed by atoms with Gasteiger partial charge in [0.05, 0.1) is 11.7 Å². The van der Waals surface area contributed by atoms with Gasteiger partial charge >= 0.3 is 0 Å². The summed E-state index contributed by atoms with van der Waals surface area (Å²) in [5.41, 5.74) is -0.490. The average Bonchev–Trinajstić information content (AvgIpc) is 3.44. The molecule has 0 atom stereocenters. The molecule has 0 radical (unpaired) electrons. The van der Waals surface area contributed by atoms with Crippen molar-refractivity contribution in [1.82, 2.24) is 10.2 Å². The van der Waals surface area contributed by atoms with E-state index >= 15 is 0 Å². The molecule has 0 N–H and O–H groups in total. The fraction of sp³-hybridized carbons (Fsp3) is 0.531. The van der Waals surface area contributed by atoms with Gasteiger partial charge in [-0.15, -0.1) is 21.5 Å². The molecule has 2 aromatic carbocycles. The molecule has 0 unspecified atom stereocenters. The van der Waals surface area contributed by atoms with Crippen molar-refractivity contribution < 1.29 is 22.4 Å². The van der Waals surface area contributed by atoms with Crippen molar-refractivity contribution in [3.05, 3.63) is 70.7 Å². The minimum Gasteiger partial charge on any atom is -0.406 e. The van der Waals surface area contributed by atoms with Crippen LogP contribution in [0.3, 0.4) is 0 Å². The van der Waals surface area contributed by atoms with E-state index in [-0.39, 0.29) is 17.2 Å². The van der Waals surface area contributed by atoms with Crippen LogP contribution in [0.4, 0.5) is 0 Å². The highest BCUT2D eigenvalue weighted by atomic mass is 32.2. The third-order valence-electron chi connectivity index (χ3n) is 8.41. The maximum Gasteiger partial charge on any atom is 0.261 e. The van der Waals surface area contributed by atoms with E-state index in [1.54, 1.807) is 0 Å². The fourth-order valence-corrected chi connectivity index (χ4v) is 13.3. The molecule has 3 aromatic rings. The van der Waals surface area contributed by atoms with Crippen LogP contribution in [0.25, 0.3) is 0 Å². The van der Waals surface area contributed by atoms with Crippen LogP contribution in [0.1, 0.15) is 71.3 Å². The number of Topliss-reactive ketones (excluding diaryl/α,β-unsaturated/α-hetero) is 1. The number of carbonyl (C=O) groups excluding carboxylic acids is 1. The van der Waals surface area contributed by atoms with Crippen LogP contribution in [0, 0.1) is 0 Å². The molecule has 228 valence electrons. The summed E-state index contributed by atoms with van der Waals surface area (Å²) in [6, 6.07) is 21.0. The molecule has 0 spiro atoms. The Hall–Kier alpha value is -2.24. The Balaban J connectivity index is 1.57. The zero-order chi connectivity index (χ0) is 30.8. The number of hydrogen-bond donors (Lipinski definition) is 0. The summed E-state index contributed by atoms with van der Waals surface area (Å²) in [5, 5.41) is 11.8. The van der Waals surface area contributed by atoms with Crippen LogP contribution >= 0.6 is 11.3 Å². The first-order valence-corrected chi connectivity index (χ1v) is 18.8. The Morgan fingerprint density at radius 2 is 1.43 bits per heavy atom. The Bertz CT molecular complexity index is 1420. The number of ketones is 1. The van der Waals surface area contributed by atoms with Crippen molar-refractivity contribution in [1.29, 1.82) is 0 Å². The van der Waals surface area contributed by atoms with E-state index in [9.17, 15) is 13.2 Å². The highest BCUT2D eigenvalue weighted by Gasteiger charge is 2.51. The largest absolute Gasteiger partial charge is 0.406 e. The van der Waals surface area contributed by atoms with Crippen molar-refractivity contribution in [2.45, 2.75) is 88.2 Å². The number of aromatic nitrogens is 2. The van der Waals surface area contributed by atoms with E-state index in [0.717, 1.165) is 5.01 Å². The lowest BCUT2D eigenvalue weighted by atomic mass is 9.96. The molecule has 2 heterocycles. The van der Waals surface area contributed by atoms with Crippen molar-refractivity contribution >= 4 is 45.6 Å². The highest BCUT2D eigenvalue weighted by molar-refractivity contribution is 7.94. The molecule has 4 rings (SSSR count). The van der Waals surface area contributed by atoms with Crippen molar-refractivity contribution in [2.24, 2.45) is 0 Å². The minimum atomic E-state index is -3.68. The lowest BCUT2D eigenvalue weighted by Crippen LogP contribution is -2.67. The molecule has 7 nitrogen and oxygen atoms in total. The first kappa shape index (κ1) is 32.7. The smallest absolute Gasteiger partial charge is 0.261 e. The van der Waals surface area contributed by atoms with E-state index < -0.39 is 33.6 Å². The van der Waals surface area contributed by atoms with Gasteiger partial charge in [-0.25, -0.2) is 8.42 Å². The molecule has 42 heavy (non-hydrogen) atoms. The topological polar surface area (TPSA) is 95.5 Å². The van der Waals surface area contributed by atoms with Crippen molar-refractivity contribution in [3.8, 4) is 0 Å². The van der Waals surface area contributed by atoms with Gasteiger partial charge in [0, 0.05) is 25.2 Å². The van der Waals surface area contributed by atoms with Crippen molar-refractivity contribution in [2.75, 3.05) is 19.8 Å². The van der Waals surface area contributed by atoms with Gasteiger partial charge in [-0.3, -0.25) is 4.79 Å². The number of carbonyl (C=O) groups is 1. The summed E-state index contributed by atoms with van der Waals surface area (Å²) < 4.78 is 37.7. The van der Waals surface area contributed by atoms with Crippen LogP contribution in [-0.2, 0) is 35.6 Å². The predicted octanol–water partition coefficient (Wildman–Crippen LogP) is 4.88. The standard InChI is InChI=1S/C32H44N2O5S2Si/c1-30(2,3)42(25-14-10-8-11-15-25,26-16-12-9-13-17-26)39-23-31(4,5)29-34-33-28(40-29)22-27(35)32(6,7)41(36,37)24-18-20-38-21-19-24/h8-17,24H,18-23H2,1-7H3. The summed E-state index contributed by atoms with van der Waals surface area (Å²) in [4.78, 5) is 13.4.